The van der Waals surface area contributed by atoms with E-state index in [-0.39, 0.29) is 18.2 Å². The van der Waals surface area contributed by atoms with Crippen LogP contribution in [0.1, 0.15) is 49.9 Å². The highest BCUT2D eigenvalue weighted by atomic mass is 32.1. The fourth-order valence-corrected chi connectivity index (χ4v) is 4.03. The molecule has 1 aliphatic rings. The Morgan fingerprint density at radius 3 is 2.77 bits per heavy atom. The van der Waals surface area contributed by atoms with Gasteiger partial charge in [-0.05, 0) is 49.4 Å². The molecule has 0 spiro atoms. The number of thiophene rings is 1. The van der Waals surface area contributed by atoms with Gasteiger partial charge in [-0.15, -0.1) is 11.3 Å². The maximum absolute atomic E-state index is 12.2. The summed E-state index contributed by atoms with van der Waals surface area (Å²) in [7, 11) is 1.49. The normalized spacial score (nSPS) is 13.4. The molecule has 1 aliphatic carbocycles. The number of nitrogens with one attached hydrogen (secondary N) is 2. The van der Waals surface area contributed by atoms with Crippen LogP contribution in [-0.4, -0.2) is 36.2 Å². The van der Waals surface area contributed by atoms with Gasteiger partial charge in [0.1, 0.15) is 6.54 Å². The molecule has 0 bridgehead atoms. The standard InChI is InChI=1S/C18H21N3O4S/c1-21(18(24)13-7-5-9-25-13)11-16(22)19-20-17(23)15-10-12-6-3-2-4-8-14(12)26-15/h5,7,9-10H,2-4,6,8,11H2,1H3,(H,19,22)(H,20,23). The lowest BCUT2D eigenvalue weighted by atomic mass is 10.1. The van der Waals surface area contributed by atoms with Gasteiger partial charge < -0.3 is 9.32 Å². The van der Waals surface area contributed by atoms with Crippen molar-refractivity contribution in [2.45, 2.75) is 32.1 Å². The topological polar surface area (TPSA) is 91.7 Å². The fraction of sp³-hybridized carbons (Fsp3) is 0.389. The van der Waals surface area contributed by atoms with E-state index < -0.39 is 11.8 Å². The van der Waals surface area contributed by atoms with Gasteiger partial charge in [-0.1, -0.05) is 6.42 Å². The van der Waals surface area contributed by atoms with Crippen LogP contribution in [0, 0.1) is 0 Å². The maximum atomic E-state index is 12.2. The highest BCUT2D eigenvalue weighted by molar-refractivity contribution is 7.14. The molecule has 138 valence electrons. The van der Waals surface area contributed by atoms with Gasteiger partial charge >= 0.3 is 0 Å². The molecule has 0 aromatic carbocycles. The van der Waals surface area contributed by atoms with E-state index in [1.165, 1.54) is 52.5 Å². The van der Waals surface area contributed by atoms with Crippen molar-refractivity contribution >= 4 is 29.1 Å². The lowest BCUT2D eigenvalue weighted by Gasteiger charge is -2.15. The molecule has 0 aliphatic heterocycles. The lowest BCUT2D eigenvalue weighted by molar-refractivity contribution is -0.122. The van der Waals surface area contributed by atoms with Gasteiger partial charge in [0, 0.05) is 11.9 Å². The minimum Gasteiger partial charge on any atom is -0.459 e. The number of carbonyl (C=O) groups excluding carboxylic acids is 3. The predicted octanol–water partition coefficient (Wildman–Crippen LogP) is 2.14. The van der Waals surface area contributed by atoms with Crippen LogP contribution < -0.4 is 10.9 Å². The van der Waals surface area contributed by atoms with E-state index in [1.54, 1.807) is 6.07 Å². The molecule has 0 radical (unpaired) electrons. The molecule has 26 heavy (non-hydrogen) atoms. The van der Waals surface area contributed by atoms with Crippen LogP contribution in [0.15, 0.2) is 28.9 Å². The van der Waals surface area contributed by atoms with Crippen molar-refractivity contribution in [1.29, 1.82) is 0 Å². The van der Waals surface area contributed by atoms with Gasteiger partial charge in [0.25, 0.3) is 17.7 Å². The van der Waals surface area contributed by atoms with Gasteiger partial charge in [-0.25, -0.2) is 0 Å². The molecule has 0 fully saturated rings. The molecule has 3 amide bonds. The number of amides is 3. The van der Waals surface area contributed by atoms with Crippen LogP contribution >= 0.6 is 11.3 Å². The number of nitrogens with zero attached hydrogens (tertiary/aromatic N) is 1. The summed E-state index contributed by atoms with van der Waals surface area (Å²) in [5, 5.41) is 0. The summed E-state index contributed by atoms with van der Waals surface area (Å²) in [6.07, 6.45) is 6.94. The van der Waals surface area contributed by atoms with E-state index in [9.17, 15) is 14.4 Å². The molecule has 7 nitrogen and oxygen atoms in total. The Kier molecular flexibility index (Phi) is 5.72. The number of fused-ring (bicyclic) bond motifs is 1. The summed E-state index contributed by atoms with van der Waals surface area (Å²) < 4.78 is 5.01. The molecule has 0 saturated carbocycles. The smallest absolute Gasteiger partial charge is 0.289 e. The van der Waals surface area contributed by atoms with Crippen molar-refractivity contribution in [2.75, 3.05) is 13.6 Å². The highest BCUT2D eigenvalue weighted by Crippen LogP contribution is 2.28. The Bertz CT molecular complexity index is 774. The summed E-state index contributed by atoms with van der Waals surface area (Å²) in [6, 6.07) is 5.04. The minimum absolute atomic E-state index is 0.157. The Balaban J connectivity index is 1.49. The van der Waals surface area contributed by atoms with Crippen LogP contribution in [0.5, 0.6) is 0 Å². The Hall–Kier alpha value is -2.61. The highest BCUT2D eigenvalue weighted by Gasteiger charge is 2.19. The second-order valence-electron chi connectivity index (χ2n) is 6.26. The van der Waals surface area contributed by atoms with E-state index in [2.05, 4.69) is 10.9 Å². The number of furan rings is 1. The Morgan fingerprint density at radius 1 is 1.19 bits per heavy atom. The van der Waals surface area contributed by atoms with Crippen LogP contribution in [0.3, 0.4) is 0 Å². The zero-order valence-corrected chi connectivity index (χ0v) is 15.4. The third-order valence-corrected chi connectivity index (χ3v) is 5.48. The average molecular weight is 375 g/mol. The molecule has 8 heteroatoms. The van der Waals surface area contributed by atoms with Gasteiger partial charge in [0.2, 0.25) is 0 Å². The van der Waals surface area contributed by atoms with Crippen LogP contribution in [0.4, 0.5) is 0 Å². The first-order valence-corrected chi connectivity index (χ1v) is 9.36. The SMILES string of the molecule is CN(CC(=O)NNC(=O)c1cc2c(s1)CCCCC2)C(=O)c1ccco1. The van der Waals surface area contributed by atoms with Crippen molar-refractivity contribution in [3.63, 3.8) is 0 Å². The quantitative estimate of drug-likeness (QED) is 0.633. The van der Waals surface area contributed by atoms with Crippen molar-refractivity contribution < 1.29 is 18.8 Å². The summed E-state index contributed by atoms with van der Waals surface area (Å²) in [5.41, 5.74) is 6.00. The number of hydrazine groups is 1. The average Bonchev–Trinajstić information content (AvgIpc) is 3.25. The van der Waals surface area contributed by atoms with E-state index >= 15 is 0 Å². The monoisotopic (exact) mass is 375 g/mol. The van der Waals surface area contributed by atoms with E-state index in [4.69, 9.17) is 4.42 Å². The number of hydrogen-bond acceptors (Lipinski definition) is 5. The zero-order valence-electron chi connectivity index (χ0n) is 14.5. The molecular formula is C18H21N3O4S. The zero-order chi connectivity index (χ0) is 18.5. The van der Waals surface area contributed by atoms with E-state index in [0.717, 1.165) is 25.7 Å². The summed E-state index contributed by atoms with van der Waals surface area (Å²) in [5.74, 6) is -1.07. The predicted molar refractivity (Wildman–Crippen MR) is 96.9 cm³/mol. The fourth-order valence-electron chi connectivity index (χ4n) is 2.88. The number of rotatable bonds is 4. The first-order chi connectivity index (χ1) is 12.5. The number of likely N-dealkylation sites (N-methyl/N-ethyl adjacent to an activating group) is 1. The second-order valence-corrected chi connectivity index (χ2v) is 7.40. The molecule has 2 N–H and O–H groups in total. The van der Waals surface area contributed by atoms with Crippen molar-refractivity contribution in [3.8, 4) is 0 Å². The van der Waals surface area contributed by atoms with Gasteiger partial charge in [0.15, 0.2) is 5.76 Å². The van der Waals surface area contributed by atoms with Crippen molar-refractivity contribution in [2.24, 2.45) is 0 Å². The lowest BCUT2D eigenvalue weighted by Crippen LogP contribution is -2.46. The number of carbonyl (C=O) groups is 3. The molecule has 0 unspecified atom stereocenters. The molecular weight excluding hydrogens is 354 g/mol. The van der Waals surface area contributed by atoms with Gasteiger partial charge in [-0.2, -0.15) is 0 Å². The molecule has 2 aromatic heterocycles. The molecule has 3 rings (SSSR count). The van der Waals surface area contributed by atoms with Gasteiger partial charge in [0.05, 0.1) is 11.1 Å². The van der Waals surface area contributed by atoms with Gasteiger partial charge in [-0.3, -0.25) is 25.2 Å². The van der Waals surface area contributed by atoms with Crippen molar-refractivity contribution in [3.05, 3.63) is 45.5 Å². The number of hydrogen-bond donors (Lipinski definition) is 2. The summed E-state index contributed by atoms with van der Waals surface area (Å²) in [4.78, 5) is 39.3. The van der Waals surface area contributed by atoms with Crippen LogP contribution in [0.25, 0.3) is 0 Å². The number of aryl methyl sites for hydroxylation is 2. The first kappa shape index (κ1) is 18.2. The Morgan fingerprint density at radius 2 is 2.00 bits per heavy atom. The van der Waals surface area contributed by atoms with Crippen molar-refractivity contribution in [1.82, 2.24) is 15.8 Å². The van der Waals surface area contributed by atoms with E-state index in [1.807, 2.05) is 6.07 Å². The van der Waals surface area contributed by atoms with E-state index in [0.29, 0.717) is 4.88 Å². The molecule has 0 atom stereocenters. The third-order valence-electron chi connectivity index (χ3n) is 4.25. The Labute approximate surface area is 155 Å². The largest absolute Gasteiger partial charge is 0.459 e. The van der Waals surface area contributed by atoms with Crippen LogP contribution in [-0.2, 0) is 17.6 Å². The molecule has 2 heterocycles. The first-order valence-electron chi connectivity index (χ1n) is 8.54. The molecule has 0 saturated heterocycles. The second kappa shape index (κ2) is 8.18. The van der Waals surface area contributed by atoms with Crippen LogP contribution in [0.2, 0.25) is 0 Å². The minimum atomic E-state index is -0.487. The maximum Gasteiger partial charge on any atom is 0.289 e. The summed E-state index contributed by atoms with van der Waals surface area (Å²) in [6.45, 7) is -0.194. The summed E-state index contributed by atoms with van der Waals surface area (Å²) >= 11 is 1.49. The molecule has 2 aromatic rings. The third kappa shape index (κ3) is 4.32.